The summed E-state index contributed by atoms with van der Waals surface area (Å²) in [6, 6.07) is 31.5. The Hall–Kier alpha value is -3.04. The molecular weight excluding hydrogens is 396 g/mol. The second kappa shape index (κ2) is 6.60. The summed E-state index contributed by atoms with van der Waals surface area (Å²) >= 11 is 3.50. The average Bonchev–Trinajstić information content (AvgIpc) is 2.74. The van der Waals surface area contributed by atoms with Gasteiger partial charge in [0.15, 0.2) is 4.73 Å². The molecule has 0 unspecified atom stereocenters. The summed E-state index contributed by atoms with van der Waals surface area (Å²) in [5, 5.41) is 3.38. The van der Waals surface area contributed by atoms with Crippen LogP contribution in [0.15, 0.2) is 95.7 Å². The first-order valence-electron chi connectivity index (χ1n) is 8.80. The highest BCUT2D eigenvalue weighted by molar-refractivity contribution is 9.10. The third kappa shape index (κ3) is 2.90. The molecule has 0 bridgehead atoms. The van der Waals surface area contributed by atoms with E-state index in [-0.39, 0.29) is 0 Å². The fourth-order valence-electron chi connectivity index (χ4n) is 3.51. The molecular formula is C24H15BrN2. The van der Waals surface area contributed by atoms with Crippen LogP contribution in [0, 0.1) is 0 Å². The molecule has 0 atom stereocenters. The van der Waals surface area contributed by atoms with Gasteiger partial charge in [-0.2, -0.15) is 0 Å². The molecule has 0 aliphatic carbocycles. The molecule has 1 heterocycles. The molecule has 1 aromatic heterocycles. The summed E-state index contributed by atoms with van der Waals surface area (Å²) < 4.78 is 0.605. The van der Waals surface area contributed by atoms with Gasteiger partial charge in [-0.3, -0.25) is 0 Å². The van der Waals surface area contributed by atoms with Gasteiger partial charge in [-0.25, -0.2) is 9.97 Å². The molecule has 4 aromatic carbocycles. The molecule has 0 radical (unpaired) electrons. The van der Waals surface area contributed by atoms with E-state index in [9.17, 15) is 0 Å². The monoisotopic (exact) mass is 410 g/mol. The summed E-state index contributed by atoms with van der Waals surface area (Å²) in [5.74, 6) is 0. The molecule has 0 saturated heterocycles. The molecule has 0 N–H and O–H groups in total. The van der Waals surface area contributed by atoms with E-state index < -0.39 is 0 Å². The maximum Gasteiger partial charge on any atom is 0.197 e. The number of benzene rings is 4. The Bertz CT molecular complexity index is 1260. The van der Waals surface area contributed by atoms with Gasteiger partial charge < -0.3 is 0 Å². The topological polar surface area (TPSA) is 25.8 Å². The van der Waals surface area contributed by atoms with Crippen LogP contribution >= 0.6 is 15.9 Å². The molecule has 0 fully saturated rings. The molecule has 5 rings (SSSR count). The van der Waals surface area contributed by atoms with E-state index >= 15 is 0 Å². The third-order valence-corrected chi connectivity index (χ3v) is 5.18. The Morgan fingerprint density at radius 3 is 2.00 bits per heavy atom. The van der Waals surface area contributed by atoms with Crippen LogP contribution in [0.4, 0.5) is 0 Å². The summed E-state index contributed by atoms with van der Waals surface area (Å²) in [5.41, 5.74) is 5.40. The van der Waals surface area contributed by atoms with Gasteiger partial charge >= 0.3 is 0 Å². The second-order valence-corrected chi connectivity index (χ2v) is 7.18. The summed E-state index contributed by atoms with van der Waals surface area (Å²) in [6.07, 6.45) is 0. The second-order valence-electron chi connectivity index (χ2n) is 6.47. The van der Waals surface area contributed by atoms with E-state index in [1.54, 1.807) is 0 Å². The van der Waals surface area contributed by atoms with Crippen molar-refractivity contribution in [3.8, 4) is 22.4 Å². The fourth-order valence-corrected chi connectivity index (χ4v) is 3.86. The Morgan fingerprint density at radius 1 is 0.519 bits per heavy atom. The molecule has 27 heavy (non-hydrogen) atoms. The standard InChI is InChI=1S/C24H15BrN2/c25-24-26-22(19-12-10-17(11-13-19)16-6-2-1-3-7-16)21-15-14-18-8-4-5-9-20(18)23(21)27-24/h1-15H. The third-order valence-electron chi connectivity index (χ3n) is 4.83. The van der Waals surface area contributed by atoms with Gasteiger partial charge in [-0.05, 0) is 38.5 Å². The number of hydrogen-bond acceptors (Lipinski definition) is 2. The van der Waals surface area contributed by atoms with E-state index in [1.807, 2.05) is 18.2 Å². The molecule has 0 saturated carbocycles. The highest BCUT2D eigenvalue weighted by Crippen LogP contribution is 2.33. The molecule has 0 aliphatic heterocycles. The van der Waals surface area contributed by atoms with Crippen molar-refractivity contribution < 1.29 is 0 Å². The largest absolute Gasteiger partial charge is 0.221 e. The maximum absolute atomic E-state index is 4.69. The zero-order chi connectivity index (χ0) is 18.2. The van der Waals surface area contributed by atoms with Crippen LogP contribution < -0.4 is 0 Å². The fraction of sp³-hybridized carbons (Fsp3) is 0. The lowest BCUT2D eigenvalue weighted by atomic mass is 9.99. The van der Waals surface area contributed by atoms with Gasteiger partial charge in [-0.15, -0.1) is 0 Å². The van der Waals surface area contributed by atoms with Gasteiger partial charge in [0.1, 0.15) is 0 Å². The zero-order valence-electron chi connectivity index (χ0n) is 14.4. The van der Waals surface area contributed by atoms with Crippen molar-refractivity contribution in [1.82, 2.24) is 9.97 Å². The smallest absolute Gasteiger partial charge is 0.197 e. The molecule has 0 aliphatic rings. The highest BCUT2D eigenvalue weighted by atomic mass is 79.9. The first-order chi connectivity index (χ1) is 13.3. The van der Waals surface area contributed by atoms with Gasteiger partial charge in [0.2, 0.25) is 0 Å². The van der Waals surface area contributed by atoms with Crippen molar-refractivity contribution in [2.24, 2.45) is 0 Å². The van der Waals surface area contributed by atoms with E-state index in [2.05, 4.69) is 98.7 Å². The number of aromatic nitrogens is 2. The van der Waals surface area contributed by atoms with E-state index in [4.69, 9.17) is 0 Å². The molecule has 3 heteroatoms. The van der Waals surface area contributed by atoms with Gasteiger partial charge in [0.25, 0.3) is 0 Å². The number of nitrogens with zero attached hydrogens (tertiary/aromatic N) is 2. The average molecular weight is 411 g/mol. The summed E-state index contributed by atoms with van der Waals surface area (Å²) in [7, 11) is 0. The molecule has 0 spiro atoms. The van der Waals surface area contributed by atoms with Gasteiger partial charge in [-0.1, -0.05) is 84.9 Å². The minimum Gasteiger partial charge on any atom is -0.221 e. The van der Waals surface area contributed by atoms with Crippen molar-refractivity contribution >= 4 is 37.6 Å². The van der Waals surface area contributed by atoms with Crippen LogP contribution in [0.2, 0.25) is 0 Å². The highest BCUT2D eigenvalue weighted by Gasteiger charge is 2.11. The van der Waals surface area contributed by atoms with Crippen LogP contribution in [0.5, 0.6) is 0 Å². The Morgan fingerprint density at radius 2 is 1.19 bits per heavy atom. The van der Waals surface area contributed by atoms with E-state index in [1.165, 1.54) is 16.5 Å². The summed E-state index contributed by atoms with van der Waals surface area (Å²) in [6.45, 7) is 0. The predicted molar refractivity (Wildman–Crippen MR) is 116 cm³/mol. The van der Waals surface area contributed by atoms with Crippen LogP contribution in [0.1, 0.15) is 0 Å². The normalized spacial score (nSPS) is 11.1. The Kier molecular flexibility index (Phi) is 3.95. The van der Waals surface area contributed by atoms with Crippen LogP contribution in [0.25, 0.3) is 44.1 Å². The molecule has 0 amide bonds. The van der Waals surface area contributed by atoms with Crippen LogP contribution in [-0.4, -0.2) is 9.97 Å². The van der Waals surface area contributed by atoms with E-state index in [0.29, 0.717) is 4.73 Å². The SMILES string of the molecule is Brc1nc(-c2ccc(-c3ccccc3)cc2)c2ccc3ccccc3c2n1. The van der Waals surface area contributed by atoms with Crippen molar-refractivity contribution in [3.63, 3.8) is 0 Å². The number of hydrogen-bond donors (Lipinski definition) is 0. The molecule has 5 aromatic rings. The number of rotatable bonds is 2. The first-order valence-corrected chi connectivity index (χ1v) is 9.60. The van der Waals surface area contributed by atoms with Crippen LogP contribution in [-0.2, 0) is 0 Å². The molecule has 2 nitrogen and oxygen atoms in total. The predicted octanol–water partition coefficient (Wildman–Crippen LogP) is 6.88. The van der Waals surface area contributed by atoms with Gasteiger partial charge in [0.05, 0.1) is 11.2 Å². The Labute approximate surface area is 165 Å². The lowest BCUT2D eigenvalue weighted by molar-refractivity contribution is 1.17. The lowest BCUT2D eigenvalue weighted by Gasteiger charge is -2.10. The van der Waals surface area contributed by atoms with Crippen molar-refractivity contribution in [1.29, 1.82) is 0 Å². The zero-order valence-corrected chi connectivity index (χ0v) is 16.0. The van der Waals surface area contributed by atoms with E-state index in [0.717, 1.165) is 27.5 Å². The first kappa shape index (κ1) is 16.2. The van der Waals surface area contributed by atoms with Crippen molar-refractivity contribution in [2.75, 3.05) is 0 Å². The van der Waals surface area contributed by atoms with Crippen LogP contribution in [0.3, 0.4) is 0 Å². The number of fused-ring (bicyclic) bond motifs is 3. The number of halogens is 1. The minimum absolute atomic E-state index is 0.605. The van der Waals surface area contributed by atoms with Crippen molar-refractivity contribution in [2.45, 2.75) is 0 Å². The Balaban J connectivity index is 1.70. The minimum atomic E-state index is 0.605. The summed E-state index contributed by atoms with van der Waals surface area (Å²) in [4.78, 5) is 9.35. The maximum atomic E-state index is 4.69. The van der Waals surface area contributed by atoms with Gasteiger partial charge in [0, 0.05) is 16.3 Å². The quantitative estimate of drug-likeness (QED) is 0.234. The lowest BCUT2D eigenvalue weighted by Crippen LogP contribution is -1.92. The molecule has 128 valence electrons. The van der Waals surface area contributed by atoms with Crippen molar-refractivity contribution in [3.05, 3.63) is 95.7 Å².